The topological polar surface area (TPSA) is 103 Å². The molecule has 0 aliphatic carbocycles. The van der Waals surface area contributed by atoms with Gasteiger partial charge in [-0.15, -0.1) is 0 Å². The molecule has 0 aliphatic rings. The third kappa shape index (κ3) is 4.32. The van der Waals surface area contributed by atoms with Gasteiger partial charge in [-0.05, 0) is 17.7 Å². The largest absolute Gasteiger partial charge is 0.459 e. The average molecular weight is 433 g/mol. The first kappa shape index (κ1) is 21.5. The Labute approximate surface area is 184 Å². The van der Waals surface area contributed by atoms with Crippen LogP contribution in [0.4, 0.5) is 0 Å². The zero-order chi connectivity index (χ0) is 22.5. The van der Waals surface area contributed by atoms with Crippen molar-refractivity contribution in [2.75, 3.05) is 13.7 Å². The maximum Gasteiger partial charge on any atom is 0.331 e. The van der Waals surface area contributed by atoms with Gasteiger partial charge in [0.25, 0.3) is 5.91 Å². The first-order chi connectivity index (χ1) is 15.6. The van der Waals surface area contributed by atoms with Crippen molar-refractivity contribution in [2.45, 2.75) is 19.4 Å². The van der Waals surface area contributed by atoms with Crippen LogP contribution in [0.1, 0.15) is 16.1 Å². The van der Waals surface area contributed by atoms with E-state index in [0.717, 1.165) is 27.4 Å². The molecule has 2 heterocycles. The van der Waals surface area contributed by atoms with Gasteiger partial charge in [-0.3, -0.25) is 4.79 Å². The van der Waals surface area contributed by atoms with Crippen LogP contribution in [0.2, 0.25) is 0 Å². The van der Waals surface area contributed by atoms with Gasteiger partial charge in [0, 0.05) is 17.9 Å². The van der Waals surface area contributed by atoms with Gasteiger partial charge in [0.15, 0.2) is 6.04 Å². The van der Waals surface area contributed by atoms with Crippen LogP contribution in [-0.4, -0.2) is 46.3 Å². The molecule has 32 heavy (non-hydrogen) atoms. The summed E-state index contributed by atoms with van der Waals surface area (Å²) in [5, 5.41) is 13.9. The lowest BCUT2D eigenvalue weighted by Crippen LogP contribution is -2.44. The Morgan fingerprint density at radius 2 is 1.81 bits per heavy atom. The highest BCUT2D eigenvalue weighted by Gasteiger charge is 2.23. The Kier molecular flexibility index (Phi) is 6.44. The summed E-state index contributed by atoms with van der Waals surface area (Å²) in [4.78, 5) is 29.4. The average Bonchev–Trinajstić information content (AvgIpc) is 3.15. The van der Waals surface area contributed by atoms with Crippen molar-refractivity contribution in [3.8, 4) is 0 Å². The molecule has 0 saturated heterocycles. The minimum atomic E-state index is -1.20. The molecule has 1 atom stereocenters. The van der Waals surface area contributed by atoms with Gasteiger partial charge in [-0.1, -0.05) is 48.5 Å². The maximum absolute atomic E-state index is 12.8. The van der Waals surface area contributed by atoms with Gasteiger partial charge in [-0.2, -0.15) is 0 Å². The molecular weight excluding hydrogens is 410 g/mol. The van der Waals surface area contributed by atoms with Crippen LogP contribution in [0, 0.1) is 0 Å². The van der Waals surface area contributed by atoms with E-state index in [0.29, 0.717) is 6.73 Å². The molecule has 0 aliphatic heterocycles. The molecular formula is C24H23N3O5. The second-order valence-corrected chi connectivity index (χ2v) is 7.25. The lowest BCUT2D eigenvalue weighted by molar-refractivity contribution is -0.148. The van der Waals surface area contributed by atoms with Crippen LogP contribution in [0.3, 0.4) is 0 Å². The van der Waals surface area contributed by atoms with Crippen molar-refractivity contribution in [3.05, 3.63) is 78.1 Å². The minimum absolute atomic E-state index is 0.0509. The van der Waals surface area contributed by atoms with Crippen molar-refractivity contribution >= 4 is 33.7 Å². The molecule has 1 amide bonds. The number of aromatic nitrogens is 2. The van der Waals surface area contributed by atoms with Crippen molar-refractivity contribution in [1.29, 1.82) is 0 Å². The number of esters is 1. The van der Waals surface area contributed by atoms with E-state index < -0.39 is 24.5 Å². The van der Waals surface area contributed by atoms with E-state index in [1.807, 2.05) is 59.2 Å². The zero-order valence-electron chi connectivity index (χ0n) is 17.5. The van der Waals surface area contributed by atoms with Crippen molar-refractivity contribution < 1.29 is 24.2 Å². The first-order valence-corrected chi connectivity index (χ1v) is 10.1. The summed E-state index contributed by atoms with van der Waals surface area (Å²) in [5.74, 6) is -1.30. The fourth-order valence-corrected chi connectivity index (χ4v) is 3.58. The monoisotopic (exact) mass is 433 g/mol. The molecule has 2 N–H and O–H groups in total. The van der Waals surface area contributed by atoms with Crippen LogP contribution in [0.5, 0.6) is 0 Å². The van der Waals surface area contributed by atoms with E-state index in [9.17, 15) is 14.7 Å². The number of carbonyl (C=O) groups is 2. The molecule has 0 bridgehead atoms. The molecule has 0 fully saturated rings. The summed E-state index contributed by atoms with van der Waals surface area (Å²) in [6.45, 7) is -0.193. The number of methoxy groups -OCH3 is 1. The quantitative estimate of drug-likeness (QED) is 0.414. The Morgan fingerprint density at radius 3 is 2.56 bits per heavy atom. The van der Waals surface area contributed by atoms with Crippen LogP contribution >= 0.6 is 0 Å². The Balaban J connectivity index is 1.53. The third-order valence-corrected chi connectivity index (χ3v) is 5.15. The number of aliphatic hydroxyl groups is 1. The lowest BCUT2D eigenvalue weighted by Gasteiger charge is -2.15. The molecule has 0 radical (unpaired) electrons. The van der Waals surface area contributed by atoms with E-state index in [1.165, 1.54) is 0 Å². The number of ether oxygens (including phenoxy) is 2. The maximum atomic E-state index is 12.8. The summed E-state index contributed by atoms with van der Waals surface area (Å²) >= 11 is 0. The minimum Gasteiger partial charge on any atom is -0.459 e. The van der Waals surface area contributed by atoms with Gasteiger partial charge in [0.2, 0.25) is 0 Å². The van der Waals surface area contributed by atoms with Crippen molar-refractivity contribution in [1.82, 2.24) is 14.9 Å². The van der Waals surface area contributed by atoms with Gasteiger partial charge in [0.05, 0.1) is 23.8 Å². The lowest BCUT2D eigenvalue weighted by atomic mass is 10.1. The summed E-state index contributed by atoms with van der Waals surface area (Å²) in [5.41, 5.74) is 2.72. The molecule has 164 valence electrons. The number of carbonyl (C=O) groups excluding carboxylic acids is 2. The fraction of sp³-hybridized carbons (Fsp3) is 0.208. The SMILES string of the molecule is COCn1c2ccccc2c2cc(C(=O)N[C@@H](CO)C(=O)OCc3ccccc3)ncc21. The number of hydrogen-bond donors (Lipinski definition) is 2. The van der Waals surface area contributed by atoms with Gasteiger partial charge >= 0.3 is 5.97 Å². The number of rotatable bonds is 8. The number of pyridine rings is 1. The summed E-state index contributed by atoms with van der Waals surface area (Å²) in [7, 11) is 1.61. The predicted octanol–water partition coefficient (Wildman–Crippen LogP) is 2.63. The molecule has 8 heteroatoms. The van der Waals surface area contributed by atoms with E-state index >= 15 is 0 Å². The van der Waals surface area contributed by atoms with Gasteiger partial charge in [-0.25, -0.2) is 9.78 Å². The smallest absolute Gasteiger partial charge is 0.331 e. The Bertz CT molecular complexity index is 1250. The van der Waals surface area contributed by atoms with Crippen LogP contribution in [0.15, 0.2) is 66.9 Å². The van der Waals surface area contributed by atoms with Crippen LogP contribution in [0.25, 0.3) is 21.8 Å². The van der Waals surface area contributed by atoms with Crippen molar-refractivity contribution in [2.24, 2.45) is 0 Å². The van der Waals surface area contributed by atoms with E-state index in [2.05, 4.69) is 10.3 Å². The second-order valence-electron chi connectivity index (χ2n) is 7.25. The number of nitrogens with zero attached hydrogens (tertiary/aromatic N) is 2. The summed E-state index contributed by atoms with van der Waals surface area (Å²) in [6, 6.07) is 17.4. The van der Waals surface area contributed by atoms with E-state index in [1.54, 1.807) is 19.4 Å². The first-order valence-electron chi connectivity index (χ1n) is 10.1. The number of aliphatic hydroxyl groups excluding tert-OH is 1. The number of nitrogens with one attached hydrogen (secondary N) is 1. The predicted molar refractivity (Wildman–Crippen MR) is 119 cm³/mol. The van der Waals surface area contributed by atoms with E-state index in [-0.39, 0.29) is 12.3 Å². The highest BCUT2D eigenvalue weighted by atomic mass is 16.5. The highest BCUT2D eigenvalue weighted by Crippen LogP contribution is 2.29. The molecule has 4 rings (SSSR count). The molecule has 4 aromatic rings. The molecule has 2 aromatic carbocycles. The fourth-order valence-electron chi connectivity index (χ4n) is 3.58. The Hall–Kier alpha value is -3.75. The highest BCUT2D eigenvalue weighted by molar-refractivity contribution is 6.10. The standard InChI is InChI=1S/C24H23N3O5/c1-31-15-27-21-10-6-5-9-17(21)18-11-19(25-12-22(18)27)23(29)26-20(13-28)24(30)32-14-16-7-3-2-4-8-16/h2-12,20,28H,13-15H2,1H3,(H,26,29)/t20-/m0/s1. The summed E-state index contributed by atoms with van der Waals surface area (Å²) < 4.78 is 12.5. The number of hydrogen-bond acceptors (Lipinski definition) is 6. The van der Waals surface area contributed by atoms with Crippen LogP contribution in [-0.2, 0) is 27.6 Å². The van der Waals surface area contributed by atoms with Gasteiger partial charge < -0.3 is 24.5 Å². The number of benzene rings is 2. The molecule has 8 nitrogen and oxygen atoms in total. The number of fused-ring (bicyclic) bond motifs is 3. The molecule has 0 unspecified atom stereocenters. The normalized spacial score (nSPS) is 12.1. The number of para-hydroxylation sites is 1. The van der Waals surface area contributed by atoms with Crippen molar-refractivity contribution in [3.63, 3.8) is 0 Å². The summed E-state index contributed by atoms with van der Waals surface area (Å²) in [6.07, 6.45) is 1.60. The molecule has 0 spiro atoms. The zero-order valence-corrected chi connectivity index (χ0v) is 17.5. The molecule has 2 aromatic heterocycles. The number of amides is 1. The molecule has 0 saturated carbocycles. The third-order valence-electron chi connectivity index (χ3n) is 5.15. The van der Waals surface area contributed by atoms with Gasteiger partial charge in [0.1, 0.15) is 19.0 Å². The Morgan fingerprint density at radius 1 is 1.06 bits per heavy atom. The van der Waals surface area contributed by atoms with E-state index in [4.69, 9.17) is 9.47 Å². The second kappa shape index (κ2) is 9.59. The van der Waals surface area contributed by atoms with Crippen LogP contribution < -0.4 is 5.32 Å².